The van der Waals surface area contributed by atoms with E-state index >= 15 is 0 Å². The molecule has 0 atom stereocenters. The van der Waals surface area contributed by atoms with E-state index < -0.39 is 0 Å². The van der Waals surface area contributed by atoms with Crippen molar-refractivity contribution >= 4 is 33.1 Å². The first kappa shape index (κ1) is 18.9. The van der Waals surface area contributed by atoms with Gasteiger partial charge in [-0.2, -0.15) is 0 Å². The average molecular weight is 398 g/mol. The lowest BCUT2D eigenvalue weighted by Gasteiger charge is -2.16. The third-order valence-corrected chi connectivity index (χ3v) is 5.82. The Kier molecular flexibility index (Phi) is 4.04. The number of para-hydroxylation sites is 2. The van der Waals surface area contributed by atoms with E-state index in [1.807, 2.05) is 6.07 Å². The molecule has 2 aromatic carbocycles. The van der Waals surface area contributed by atoms with Crippen molar-refractivity contribution in [3.8, 4) is 11.4 Å². The number of aromatic nitrogens is 3. The molecule has 0 N–H and O–H groups in total. The Morgan fingerprint density at radius 3 is 2.43 bits per heavy atom. The second kappa shape index (κ2) is 6.43. The fourth-order valence-corrected chi connectivity index (χ4v) is 4.28. The zero-order chi connectivity index (χ0) is 21.2. The Labute approximate surface area is 176 Å². The average Bonchev–Trinajstić information content (AvgIpc) is 3.26. The first-order valence-corrected chi connectivity index (χ1v) is 10.6. The van der Waals surface area contributed by atoms with Crippen molar-refractivity contribution < 1.29 is 4.42 Å². The predicted octanol–water partition coefficient (Wildman–Crippen LogP) is 7.18. The van der Waals surface area contributed by atoms with Crippen LogP contribution in [0.4, 0.5) is 0 Å². The van der Waals surface area contributed by atoms with E-state index in [2.05, 4.69) is 88.6 Å². The van der Waals surface area contributed by atoms with Crippen LogP contribution in [-0.2, 0) is 5.41 Å². The Hall–Kier alpha value is -3.14. The van der Waals surface area contributed by atoms with Gasteiger partial charge in [-0.25, -0.2) is 9.97 Å². The fraction of sp³-hybridized carbons (Fsp3) is 0.308. The molecule has 5 aromatic rings. The Morgan fingerprint density at radius 1 is 0.933 bits per heavy atom. The molecule has 0 radical (unpaired) electrons. The standard InChI is InChI=1S/C26H27N3O/c1-15(2)29-20-10-8-7-9-19(20)27-24(29)18-12-11-16(3)22-17-13-14-21(26(4,5)6)28-25(17)30-23(18)22/h7-15H,1-6H3. The lowest BCUT2D eigenvalue weighted by molar-refractivity contribution is 0.562. The minimum Gasteiger partial charge on any atom is -0.437 e. The van der Waals surface area contributed by atoms with Gasteiger partial charge in [0.05, 0.1) is 16.6 Å². The summed E-state index contributed by atoms with van der Waals surface area (Å²) in [5, 5.41) is 2.18. The van der Waals surface area contributed by atoms with Crippen LogP contribution in [0.25, 0.3) is 44.5 Å². The second-order valence-electron chi connectivity index (χ2n) is 9.42. The van der Waals surface area contributed by atoms with Gasteiger partial charge in [0.15, 0.2) is 0 Å². The van der Waals surface area contributed by atoms with Crippen LogP contribution in [0.15, 0.2) is 52.9 Å². The lowest BCUT2D eigenvalue weighted by atomic mass is 9.91. The predicted molar refractivity (Wildman–Crippen MR) is 124 cm³/mol. The molecule has 0 bridgehead atoms. The van der Waals surface area contributed by atoms with Crippen LogP contribution in [0.2, 0.25) is 0 Å². The summed E-state index contributed by atoms with van der Waals surface area (Å²) in [4.78, 5) is 9.86. The van der Waals surface area contributed by atoms with Crippen LogP contribution in [-0.4, -0.2) is 14.5 Å². The normalized spacial score (nSPS) is 12.6. The molecule has 0 aliphatic heterocycles. The molecule has 4 nitrogen and oxygen atoms in total. The number of imidazole rings is 1. The maximum absolute atomic E-state index is 6.42. The molecular weight excluding hydrogens is 370 g/mol. The number of nitrogens with zero attached hydrogens (tertiary/aromatic N) is 3. The van der Waals surface area contributed by atoms with Crippen LogP contribution in [0.3, 0.4) is 0 Å². The van der Waals surface area contributed by atoms with Gasteiger partial charge < -0.3 is 8.98 Å². The maximum Gasteiger partial charge on any atom is 0.227 e. The highest BCUT2D eigenvalue weighted by Crippen LogP contribution is 2.39. The molecule has 3 aromatic heterocycles. The summed E-state index contributed by atoms with van der Waals surface area (Å²) in [5.74, 6) is 0.936. The largest absolute Gasteiger partial charge is 0.437 e. The minimum absolute atomic E-state index is 0.0311. The molecule has 0 amide bonds. The molecule has 0 aliphatic carbocycles. The van der Waals surface area contributed by atoms with E-state index in [4.69, 9.17) is 14.4 Å². The van der Waals surface area contributed by atoms with E-state index in [1.165, 1.54) is 5.56 Å². The SMILES string of the molecule is Cc1ccc(-c2nc3ccccc3n2C(C)C)c2oc3nc(C(C)(C)C)ccc3c12. The third kappa shape index (κ3) is 2.74. The molecular formula is C26H27N3O. The van der Waals surface area contributed by atoms with Gasteiger partial charge in [-0.3, -0.25) is 0 Å². The van der Waals surface area contributed by atoms with E-state index in [1.54, 1.807) is 0 Å². The Morgan fingerprint density at radius 2 is 1.70 bits per heavy atom. The summed E-state index contributed by atoms with van der Waals surface area (Å²) < 4.78 is 8.71. The molecule has 0 saturated heterocycles. The summed E-state index contributed by atoms with van der Waals surface area (Å²) >= 11 is 0. The number of rotatable bonds is 2. The number of hydrogen-bond donors (Lipinski definition) is 0. The quantitative estimate of drug-likeness (QED) is 0.317. The molecule has 0 aliphatic rings. The Balaban J connectivity index is 1.86. The van der Waals surface area contributed by atoms with Gasteiger partial charge in [0.1, 0.15) is 11.4 Å². The van der Waals surface area contributed by atoms with Crippen molar-refractivity contribution in [3.05, 3.63) is 59.8 Å². The highest BCUT2D eigenvalue weighted by atomic mass is 16.3. The van der Waals surface area contributed by atoms with E-state index in [0.29, 0.717) is 5.71 Å². The molecule has 30 heavy (non-hydrogen) atoms. The van der Waals surface area contributed by atoms with Gasteiger partial charge in [0.25, 0.3) is 0 Å². The number of furan rings is 1. The summed E-state index contributed by atoms with van der Waals surface area (Å²) in [7, 11) is 0. The van der Waals surface area contributed by atoms with Gasteiger partial charge in [0, 0.05) is 27.9 Å². The highest BCUT2D eigenvalue weighted by molar-refractivity contribution is 6.10. The molecule has 3 heterocycles. The number of benzene rings is 2. The number of aryl methyl sites for hydroxylation is 1. The Bertz CT molecular complexity index is 1410. The number of fused-ring (bicyclic) bond motifs is 4. The fourth-order valence-electron chi connectivity index (χ4n) is 4.28. The van der Waals surface area contributed by atoms with E-state index in [9.17, 15) is 0 Å². The van der Waals surface area contributed by atoms with Crippen molar-refractivity contribution in [1.29, 1.82) is 0 Å². The van der Waals surface area contributed by atoms with Crippen molar-refractivity contribution in [2.24, 2.45) is 0 Å². The summed E-state index contributed by atoms with van der Waals surface area (Å²) in [6, 6.07) is 17.1. The van der Waals surface area contributed by atoms with Crippen LogP contribution < -0.4 is 0 Å². The minimum atomic E-state index is -0.0311. The lowest BCUT2D eigenvalue weighted by Crippen LogP contribution is -2.12. The molecule has 0 fully saturated rings. The van der Waals surface area contributed by atoms with Crippen LogP contribution >= 0.6 is 0 Å². The molecule has 0 spiro atoms. The summed E-state index contributed by atoms with van der Waals surface area (Å²) in [5.41, 5.74) is 6.89. The highest BCUT2D eigenvalue weighted by Gasteiger charge is 2.23. The number of hydrogen-bond acceptors (Lipinski definition) is 3. The zero-order valence-electron chi connectivity index (χ0n) is 18.4. The zero-order valence-corrected chi connectivity index (χ0v) is 18.4. The summed E-state index contributed by atoms with van der Waals surface area (Å²) in [6.45, 7) is 13.0. The van der Waals surface area contributed by atoms with Crippen molar-refractivity contribution in [3.63, 3.8) is 0 Å². The van der Waals surface area contributed by atoms with Crippen LogP contribution in [0.1, 0.15) is 51.9 Å². The van der Waals surface area contributed by atoms with Gasteiger partial charge in [-0.15, -0.1) is 0 Å². The first-order valence-electron chi connectivity index (χ1n) is 10.6. The molecule has 0 unspecified atom stereocenters. The van der Waals surface area contributed by atoms with Crippen LogP contribution in [0, 0.1) is 6.92 Å². The summed E-state index contributed by atoms with van der Waals surface area (Å²) in [6.07, 6.45) is 0. The third-order valence-electron chi connectivity index (χ3n) is 5.82. The molecule has 5 rings (SSSR count). The van der Waals surface area contributed by atoms with Gasteiger partial charge in [-0.05, 0) is 56.7 Å². The van der Waals surface area contributed by atoms with Crippen molar-refractivity contribution in [2.75, 3.05) is 0 Å². The first-order chi connectivity index (χ1) is 14.3. The van der Waals surface area contributed by atoms with Crippen LogP contribution in [0.5, 0.6) is 0 Å². The molecule has 4 heteroatoms. The molecule has 152 valence electrons. The molecule has 0 saturated carbocycles. The van der Waals surface area contributed by atoms with E-state index in [-0.39, 0.29) is 11.5 Å². The second-order valence-corrected chi connectivity index (χ2v) is 9.42. The topological polar surface area (TPSA) is 43.9 Å². The van der Waals surface area contributed by atoms with Crippen molar-refractivity contribution in [2.45, 2.75) is 53.0 Å². The van der Waals surface area contributed by atoms with Gasteiger partial charge in [0.2, 0.25) is 5.71 Å². The van der Waals surface area contributed by atoms with E-state index in [0.717, 1.165) is 44.5 Å². The number of pyridine rings is 1. The van der Waals surface area contributed by atoms with Gasteiger partial charge in [-0.1, -0.05) is 39.0 Å². The van der Waals surface area contributed by atoms with Crippen molar-refractivity contribution in [1.82, 2.24) is 14.5 Å². The smallest absolute Gasteiger partial charge is 0.227 e. The van der Waals surface area contributed by atoms with Gasteiger partial charge >= 0.3 is 0 Å². The monoisotopic (exact) mass is 397 g/mol. The maximum atomic E-state index is 6.42.